The van der Waals surface area contributed by atoms with Crippen molar-refractivity contribution in [2.24, 2.45) is 5.92 Å². The quantitative estimate of drug-likeness (QED) is 0.464. The minimum absolute atomic E-state index is 0.00686. The molecule has 0 aliphatic heterocycles. The van der Waals surface area contributed by atoms with Gasteiger partial charge in [0.15, 0.2) is 0 Å². The Balaban J connectivity index is 1.76. The molecule has 0 spiro atoms. The highest BCUT2D eigenvalue weighted by atomic mass is 35.5. The average molecular weight is 509 g/mol. The topological polar surface area (TPSA) is 87.3 Å². The van der Waals surface area contributed by atoms with Crippen LogP contribution in [-0.4, -0.2) is 28.2 Å². The molecule has 1 aliphatic rings. The molecule has 0 radical (unpaired) electrons. The van der Waals surface area contributed by atoms with Crippen molar-refractivity contribution in [1.29, 1.82) is 0 Å². The number of carbonyl (C=O) groups is 3. The molecule has 170 valence electrons. The van der Waals surface area contributed by atoms with E-state index in [-0.39, 0.29) is 33.2 Å². The number of alkyl halides is 5. The summed E-state index contributed by atoms with van der Waals surface area (Å²) in [4.78, 5) is 36.1. The first-order valence-electron chi connectivity index (χ1n) is 9.07. The van der Waals surface area contributed by atoms with Gasteiger partial charge in [0.05, 0.1) is 16.5 Å². The van der Waals surface area contributed by atoms with Crippen molar-refractivity contribution in [2.75, 3.05) is 16.0 Å². The molecule has 0 heterocycles. The van der Waals surface area contributed by atoms with Gasteiger partial charge in [-0.3, -0.25) is 14.4 Å². The minimum atomic E-state index is -5.06. The van der Waals surface area contributed by atoms with Gasteiger partial charge in [0.25, 0.3) is 5.91 Å². The fraction of sp³-hybridized carbons (Fsp3) is 0.250. The highest BCUT2D eigenvalue weighted by Crippen LogP contribution is 2.53. The monoisotopic (exact) mass is 507 g/mol. The molecule has 6 nitrogen and oxygen atoms in total. The first kappa shape index (κ1) is 24.2. The Bertz CT molecular complexity index is 1110. The van der Waals surface area contributed by atoms with E-state index in [1.165, 1.54) is 43.3 Å². The van der Waals surface area contributed by atoms with Crippen LogP contribution in [0.2, 0.25) is 5.02 Å². The van der Waals surface area contributed by atoms with Crippen LogP contribution in [0.15, 0.2) is 36.4 Å². The Kier molecular flexibility index (Phi) is 6.65. The van der Waals surface area contributed by atoms with Crippen LogP contribution in [-0.2, 0) is 9.59 Å². The molecule has 0 bridgehead atoms. The molecule has 3 N–H and O–H groups in total. The lowest BCUT2D eigenvalue weighted by atomic mass is 10.1. The lowest BCUT2D eigenvalue weighted by Gasteiger charge is -2.15. The summed E-state index contributed by atoms with van der Waals surface area (Å²) >= 11 is 17.9. The zero-order valence-corrected chi connectivity index (χ0v) is 18.5. The van der Waals surface area contributed by atoms with Crippen molar-refractivity contribution in [2.45, 2.75) is 23.9 Å². The number of rotatable bonds is 5. The molecule has 1 unspecified atom stereocenters. The third-order valence-electron chi connectivity index (χ3n) is 4.71. The standard InChI is InChI=1S/C20H15Cl3F3N3O3/c1-9-14(3-2-4-15(9)29-18(32)20(24,25)26)28-16(30)11-7-10(5-6-13(11)21)27-17(31)12-8-19(12,22)23/h2-7,12H,8H2,1H3,(H,27,31)(H,28,30)(H,29,32). The predicted molar refractivity (Wildman–Crippen MR) is 116 cm³/mol. The number of nitrogens with one attached hydrogen (secondary N) is 3. The Morgan fingerprint density at radius 1 is 1.03 bits per heavy atom. The zero-order chi connectivity index (χ0) is 23.8. The number of hydrogen-bond acceptors (Lipinski definition) is 3. The normalized spacial score (nSPS) is 16.8. The summed E-state index contributed by atoms with van der Waals surface area (Å²) in [6.45, 7) is 1.43. The summed E-state index contributed by atoms with van der Waals surface area (Å²) in [5, 5.41) is 6.98. The molecule has 1 saturated carbocycles. The molecule has 0 saturated heterocycles. The van der Waals surface area contributed by atoms with E-state index in [2.05, 4.69) is 10.6 Å². The van der Waals surface area contributed by atoms with Crippen LogP contribution >= 0.6 is 34.8 Å². The van der Waals surface area contributed by atoms with Crippen LogP contribution in [0.1, 0.15) is 22.3 Å². The Labute approximate surface area is 195 Å². The molecule has 3 rings (SSSR count). The van der Waals surface area contributed by atoms with Gasteiger partial charge in [-0.1, -0.05) is 17.7 Å². The zero-order valence-electron chi connectivity index (χ0n) is 16.2. The summed E-state index contributed by atoms with van der Waals surface area (Å²) in [5.41, 5.74) is 0.532. The molecular formula is C20H15Cl3F3N3O3. The van der Waals surface area contributed by atoms with Crippen molar-refractivity contribution in [1.82, 2.24) is 0 Å². The minimum Gasteiger partial charge on any atom is -0.326 e. The van der Waals surface area contributed by atoms with Crippen LogP contribution < -0.4 is 16.0 Å². The van der Waals surface area contributed by atoms with E-state index >= 15 is 0 Å². The van der Waals surface area contributed by atoms with Gasteiger partial charge in [-0.2, -0.15) is 13.2 Å². The van der Waals surface area contributed by atoms with E-state index < -0.39 is 34.1 Å². The predicted octanol–water partition coefficient (Wildman–Crippen LogP) is 5.53. The number of amides is 3. The van der Waals surface area contributed by atoms with E-state index in [0.717, 1.165) is 0 Å². The first-order valence-corrected chi connectivity index (χ1v) is 10.2. The van der Waals surface area contributed by atoms with Gasteiger partial charge >= 0.3 is 12.1 Å². The number of benzene rings is 2. The lowest BCUT2D eigenvalue weighted by Crippen LogP contribution is -2.30. The van der Waals surface area contributed by atoms with E-state index in [9.17, 15) is 27.6 Å². The second-order valence-electron chi connectivity index (χ2n) is 7.09. The van der Waals surface area contributed by atoms with Gasteiger partial charge in [0.2, 0.25) is 5.91 Å². The maximum Gasteiger partial charge on any atom is 0.471 e. The van der Waals surface area contributed by atoms with Crippen LogP contribution in [0.25, 0.3) is 0 Å². The van der Waals surface area contributed by atoms with Crippen LogP contribution in [0.4, 0.5) is 30.2 Å². The highest BCUT2D eigenvalue weighted by Gasteiger charge is 2.56. The Morgan fingerprint density at radius 3 is 2.19 bits per heavy atom. The van der Waals surface area contributed by atoms with Gasteiger partial charge in [0.1, 0.15) is 4.33 Å². The maximum atomic E-state index is 12.7. The fourth-order valence-corrected chi connectivity index (χ4v) is 3.50. The fourth-order valence-electron chi connectivity index (χ4n) is 2.79. The molecule has 2 aromatic carbocycles. The van der Waals surface area contributed by atoms with Crippen LogP contribution in [0, 0.1) is 12.8 Å². The lowest BCUT2D eigenvalue weighted by molar-refractivity contribution is -0.167. The smallest absolute Gasteiger partial charge is 0.326 e. The largest absolute Gasteiger partial charge is 0.471 e. The molecule has 1 fully saturated rings. The first-order chi connectivity index (χ1) is 14.8. The van der Waals surface area contributed by atoms with Crippen LogP contribution in [0.3, 0.4) is 0 Å². The Morgan fingerprint density at radius 2 is 1.62 bits per heavy atom. The Hall–Kier alpha value is -2.49. The molecular weight excluding hydrogens is 494 g/mol. The van der Waals surface area contributed by atoms with E-state index in [1.54, 1.807) is 5.32 Å². The number of anilines is 3. The van der Waals surface area contributed by atoms with E-state index in [0.29, 0.717) is 6.42 Å². The maximum absolute atomic E-state index is 12.7. The third kappa shape index (κ3) is 5.46. The number of halogens is 6. The third-order valence-corrected chi connectivity index (χ3v) is 5.87. The number of carbonyl (C=O) groups excluding carboxylic acids is 3. The van der Waals surface area contributed by atoms with Crippen molar-refractivity contribution in [3.8, 4) is 0 Å². The highest BCUT2D eigenvalue weighted by molar-refractivity contribution is 6.52. The molecule has 2 aromatic rings. The van der Waals surface area contributed by atoms with Crippen LogP contribution in [0.5, 0.6) is 0 Å². The molecule has 1 atom stereocenters. The summed E-state index contributed by atoms with van der Waals surface area (Å²) in [6, 6.07) is 8.31. The van der Waals surface area contributed by atoms with Crippen molar-refractivity contribution in [3.63, 3.8) is 0 Å². The van der Waals surface area contributed by atoms with Crippen molar-refractivity contribution >= 4 is 69.6 Å². The van der Waals surface area contributed by atoms with Crippen molar-refractivity contribution < 1.29 is 27.6 Å². The van der Waals surface area contributed by atoms with Crippen molar-refractivity contribution in [3.05, 3.63) is 52.5 Å². The van der Waals surface area contributed by atoms with Gasteiger partial charge in [0, 0.05) is 17.1 Å². The summed E-state index contributed by atoms with van der Waals surface area (Å²) in [5.74, 6) is -3.79. The molecule has 0 aromatic heterocycles. The van der Waals surface area contributed by atoms with E-state index in [1.807, 2.05) is 0 Å². The SMILES string of the molecule is Cc1c(NC(=O)c2cc(NC(=O)C3CC3(Cl)Cl)ccc2Cl)cccc1NC(=O)C(F)(F)F. The van der Waals surface area contributed by atoms with Gasteiger partial charge in [-0.25, -0.2) is 0 Å². The summed E-state index contributed by atoms with van der Waals surface area (Å²) < 4.78 is 36.5. The van der Waals surface area contributed by atoms with Gasteiger partial charge in [-0.15, -0.1) is 23.2 Å². The molecule has 12 heteroatoms. The number of hydrogen-bond donors (Lipinski definition) is 3. The van der Waals surface area contributed by atoms with E-state index in [4.69, 9.17) is 34.8 Å². The average Bonchev–Trinajstić information content (AvgIpc) is 3.34. The summed E-state index contributed by atoms with van der Waals surface area (Å²) in [7, 11) is 0. The molecule has 32 heavy (non-hydrogen) atoms. The second kappa shape index (κ2) is 8.80. The molecule has 1 aliphatic carbocycles. The summed E-state index contributed by atoms with van der Waals surface area (Å²) in [6.07, 6.45) is -4.75. The van der Waals surface area contributed by atoms with Gasteiger partial charge < -0.3 is 16.0 Å². The molecule has 3 amide bonds. The van der Waals surface area contributed by atoms with Gasteiger partial charge in [-0.05, 0) is 49.2 Å². The second-order valence-corrected chi connectivity index (χ2v) is 9.04.